The number of fused-ring (bicyclic) bond motifs is 2. The van der Waals surface area contributed by atoms with Crippen LogP contribution in [-0.2, 0) is 6.54 Å². The van der Waals surface area contributed by atoms with Crippen LogP contribution in [0.2, 0.25) is 0 Å². The zero-order chi connectivity index (χ0) is 22.2. The van der Waals surface area contributed by atoms with Gasteiger partial charge in [-0.2, -0.15) is 0 Å². The number of nitrogens with one attached hydrogen (secondary N) is 1. The summed E-state index contributed by atoms with van der Waals surface area (Å²) >= 11 is 0. The quantitative estimate of drug-likeness (QED) is 0.511. The van der Waals surface area contributed by atoms with E-state index in [-0.39, 0.29) is 5.91 Å². The molecule has 0 atom stereocenters. The van der Waals surface area contributed by atoms with Gasteiger partial charge in [-0.05, 0) is 36.6 Å². The van der Waals surface area contributed by atoms with Crippen molar-refractivity contribution in [2.75, 3.05) is 31.1 Å². The standard InChI is InChI=1S/C27H27N5O/c33-27(29-21-10-11-21)23-17-25(30-24-9-2-1-8-22(23)24)32-15-13-31(14-16-32)18-20-6-3-5-19-7-4-12-28-26(19)20/h1-9,12,17,21H,10-11,13-16,18H2,(H,29,33). The molecule has 1 saturated heterocycles. The molecule has 1 aliphatic carbocycles. The van der Waals surface area contributed by atoms with E-state index in [1.54, 1.807) is 0 Å². The number of carbonyl (C=O) groups is 1. The van der Waals surface area contributed by atoms with Crippen LogP contribution in [-0.4, -0.2) is 53.0 Å². The van der Waals surface area contributed by atoms with Crippen LogP contribution in [0.1, 0.15) is 28.8 Å². The zero-order valence-electron chi connectivity index (χ0n) is 18.6. The van der Waals surface area contributed by atoms with Gasteiger partial charge in [0, 0.05) is 55.7 Å². The van der Waals surface area contributed by atoms with Gasteiger partial charge in [-0.3, -0.25) is 14.7 Å². The first-order valence-electron chi connectivity index (χ1n) is 11.8. The Bertz CT molecular complexity index is 1320. The Morgan fingerprint density at radius 2 is 1.79 bits per heavy atom. The fourth-order valence-electron chi connectivity index (χ4n) is 4.67. The highest BCUT2D eigenvalue weighted by Crippen LogP contribution is 2.26. The molecule has 3 heterocycles. The Balaban J connectivity index is 1.20. The molecule has 0 bridgehead atoms. The molecule has 33 heavy (non-hydrogen) atoms. The van der Waals surface area contributed by atoms with E-state index in [0.29, 0.717) is 6.04 Å². The summed E-state index contributed by atoms with van der Waals surface area (Å²) in [4.78, 5) is 27.2. The van der Waals surface area contributed by atoms with Gasteiger partial charge < -0.3 is 10.2 Å². The van der Waals surface area contributed by atoms with Crippen molar-refractivity contribution in [1.29, 1.82) is 0 Å². The van der Waals surface area contributed by atoms with E-state index in [1.165, 1.54) is 10.9 Å². The number of amides is 1. The van der Waals surface area contributed by atoms with E-state index >= 15 is 0 Å². The van der Waals surface area contributed by atoms with Crippen LogP contribution < -0.4 is 10.2 Å². The molecule has 2 aromatic heterocycles. The molecule has 2 aliphatic rings. The summed E-state index contributed by atoms with van der Waals surface area (Å²) in [5, 5.41) is 5.25. The van der Waals surface area contributed by atoms with Crippen LogP contribution in [0, 0.1) is 0 Å². The zero-order valence-corrected chi connectivity index (χ0v) is 18.6. The van der Waals surface area contributed by atoms with Gasteiger partial charge in [0.25, 0.3) is 5.91 Å². The largest absolute Gasteiger partial charge is 0.354 e. The smallest absolute Gasteiger partial charge is 0.252 e. The minimum atomic E-state index is 0.0134. The van der Waals surface area contributed by atoms with Gasteiger partial charge in [0.2, 0.25) is 0 Å². The molecule has 6 rings (SSSR count). The van der Waals surface area contributed by atoms with Crippen molar-refractivity contribution in [1.82, 2.24) is 20.2 Å². The van der Waals surface area contributed by atoms with Crippen LogP contribution in [0.15, 0.2) is 66.9 Å². The maximum atomic E-state index is 12.9. The van der Waals surface area contributed by atoms with E-state index in [2.05, 4.69) is 44.4 Å². The van der Waals surface area contributed by atoms with Crippen molar-refractivity contribution in [3.05, 3.63) is 78.0 Å². The van der Waals surface area contributed by atoms with Gasteiger partial charge >= 0.3 is 0 Å². The molecule has 0 spiro atoms. The van der Waals surface area contributed by atoms with E-state index in [0.717, 1.165) is 73.4 Å². The molecule has 0 radical (unpaired) electrons. The summed E-state index contributed by atoms with van der Waals surface area (Å²) in [5.74, 6) is 0.903. The highest BCUT2D eigenvalue weighted by atomic mass is 16.1. The molecular formula is C27H27N5O. The molecule has 4 aromatic rings. The van der Waals surface area contributed by atoms with Crippen molar-refractivity contribution < 1.29 is 4.79 Å². The van der Waals surface area contributed by atoms with Crippen LogP contribution in [0.25, 0.3) is 21.8 Å². The summed E-state index contributed by atoms with van der Waals surface area (Å²) in [7, 11) is 0. The van der Waals surface area contributed by atoms with Crippen molar-refractivity contribution in [2.45, 2.75) is 25.4 Å². The molecule has 6 nitrogen and oxygen atoms in total. The first-order chi connectivity index (χ1) is 16.2. The highest BCUT2D eigenvalue weighted by Gasteiger charge is 2.26. The number of nitrogens with zero attached hydrogens (tertiary/aromatic N) is 4. The minimum Gasteiger partial charge on any atom is -0.354 e. The number of aromatic nitrogens is 2. The monoisotopic (exact) mass is 437 g/mol. The molecule has 1 saturated carbocycles. The molecule has 1 aliphatic heterocycles. The maximum absolute atomic E-state index is 12.9. The number of rotatable bonds is 5. The summed E-state index contributed by atoms with van der Waals surface area (Å²) < 4.78 is 0. The highest BCUT2D eigenvalue weighted by molar-refractivity contribution is 6.07. The second-order valence-corrected chi connectivity index (χ2v) is 9.05. The van der Waals surface area contributed by atoms with Gasteiger partial charge in [-0.25, -0.2) is 4.98 Å². The number of carbonyl (C=O) groups excluding carboxylic acids is 1. The third kappa shape index (κ3) is 4.14. The molecular weight excluding hydrogens is 410 g/mol. The lowest BCUT2D eigenvalue weighted by Crippen LogP contribution is -2.46. The van der Waals surface area contributed by atoms with E-state index in [1.807, 2.05) is 42.6 Å². The van der Waals surface area contributed by atoms with Crippen LogP contribution in [0.5, 0.6) is 0 Å². The van der Waals surface area contributed by atoms with Crippen molar-refractivity contribution in [2.24, 2.45) is 0 Å². The SMILES string of the molecule is O=C(NC1CC1)c1cc(N2CCN(Cc3cccc4cccnc34)CC2)nc2ccccc12. The topological polar surface area (TPSA) is 61.4 Å². The first-order valence-corrected chi connectivity index (χ1v) is 11.8. The van der Waals surface area contributed by atoms with Crippen LogP contribution >= 0.6 is 0 Å². The number of benzene rings is 2. The van der Waals surface area contributed by atoms with Crippen molar-refractivity contribution in [3.63, 3.8) is 0 Å². The summed E-state index contributed by atoms with van der Waals surface area (Å²) in [6.45, 7) is 4.55. The summed E-state index contributed by atoms with van der Waals surface area (Å²) in [6, 6.07) is 20.8. The molecule has 2 aromatic carbocycles. The Morgan fingerprint density at radius 3 is 2.64 bits per heavy atom. The second kappa shape index (κ2) is 8.45. The number of para-hydroxylation sites is 2. The lowest BCUT2D eigenvalue weighted by Gasteiger charge is -2.35. The Morgan fingerprint density at radius 1 is 0.970 bits per heavy atom. The first kappa shape index (κ1) is 20.1. The average Bonchev–Trinajstić information content (AvgIpc) is 3.68. The Hall–Kier alpha value is -3.51. The Kier molecular flexibility index (Phi) is 5.15. The van der Waals surface area contributed by atoms with Gasteiger partial charge in [0.1, 0.15) is 5.82 Å². The summed E-state index contributed by atoms with van der Waals surface area (Å²) in [6.07, 6.45) is 4.03. The van der Waals surface area contributed by atoms with Crippen LogP contribution in [0.4, 0.5) is 5.82 Å². The van der Waals surface area contributed by atoms with E-state index in [4.69, 9.17) is 4.98 Å². The number of hydrogen-bond donors (Lipinski definition) is 1. The lowest BCUT2D eigenvalue weighted by molar-refractivity contribution is 0.0952. The molecule has 166 valence electrons. The molecule has 2 fully saturated rings. The normalized spacial score (nSPS) is 16.9. The van der Waals surface area contributed by atoms with E-state index in [9.17, 15) is 4.79 Å². The third-order valence-corrected chi connectivity index (χ3v) is 6.67. The predicted octanol–water partition coefficient (Wildman–Crippen LogP) is 4.00. The number of piperazine rings is 1. The predicted molar refractivity (Wildman–Crippen MR) is 131 cm³/mol. The van der Waals surface area contributed by atoms with Gasteiger partial charge in [-0.15, -0.1) is 0 Å². The van der Waals surface area contributed by atoms with Gasteiger partial charge in [0.05, 0.1) is 16.6 Å². The van der Waals surface area contributed by atoms with Gasteiger partial charge in [0.15, 0.2) is 0 Å². The van der Waals surface area contributed by atoms with Crippen molar-refractivity contribution >= 4 is 33.5 Å². The Labute approximate surface area is 193 Å². The molecule has 1 N–H and O–H groups in total. The van der Waals surface area contributed by atoms with Crippen LogP contribution in [0.3, 0.4) is 0 Å². The molecule has 6 heteroatoms. The fourth-order valence-corrected chi connectivity index (χ4v) is 4.67. The number of anilines is 1. The number of hydrogen-bond acceptors (Lipinski definition) is 5. The fraction of sp³-hybridized carbons (Fsp3) is 0.296. The van der Waals surface area contributed by atoms with E-state index < -0.39 is 0 Å². The number of pyridine rings is 2. The minimum absolute atomic E-state index is 0.0134. The van der Waals surface area contributed by atoms with Gasteiger partial charge in [-0.1, -0.05) is 42.5 Å². The maximum Gasteiger partial charge on any atom is 0.252 e. The lowest BCUT2D eigenvalue weighted by atomic mass is 10.1. The second-order valence-electron chi connectivity index (χ2n) is 9.05. The average molecular weight is 438 g/mol. The molecule has 0 unspecified atom stereocenters. The third-order valence-electron chi connectivity index (χ3n) is 6.67. The van der Waals surface area contributed by atoms with Crippen molar-refractivity contribution in [3.8, 4) is 0 Å². The summed E-state index contributed by atoms with van der Waals surface area (Å²) in [5.41, 5.74) is 3.96. The molecule has 1 amide bonds.